The van der Waals surface area contributed by atoms with Crippen LogP contribution in [0.25, 0.3) is 6.08 Å². The van der Waals surface area contributed by atoms with Gasteiger partial charge in [0.15, 0.2) is 22.9 Å². The summed E-state index contributed by atoms with van der Waals surface area (Å²) in [6.45, 7) is 5.39. The molecule has 2 aromatic carbocycles. The molecular weight excluding hydrogens is 767 g/mol. The van der Waals surface area contributed by atoms with Crippen molar-refractivity contribution in [3.63, 3.8) is 0 Å². The van der Waals surface area contributed by atoms with Gasteiger partial charge in [-0.1, -0.05) is 39.3 Å². The van der Waals surface area contributed by atoms with E-state index in [0.29, 0.717) is 50.0 Å². The largest absolute Gasteiger partial charge is 0.490 e. The Kier molecular flexibility index (Phi) is 11.3. The molecule has 0 fully saturated rings. The van der Waals surface area contributed by atoms with Crippen molar-refractivity contribution in [2.24, 2.45) is 4.99 Å². The minimum absolute atomic E-state index is 0.0589. The molecule has 0 saturated carbocycles. The van der Waals surface area contributed by atoms with Crippen molar-refractivity contribution in [1.29, 1.82) is 0 Å². The number of hydrogen-bond donors (Lipinski definition) is 0. The summed E-state index contributed by atoms with van der Waals surface area (Å²) in [5, 5.41) is 0. The normalized spacial score (nSPS) is 14.3. The molecule has 1 aliphatic rings. The molecule has 44 heavy (non-hydrogen) atoms. The van der Waals surface area contributed by atoms with Gasteiger partial charge in [-0.05, 0) is 79.3 Å². The molecule has 0 bridgehead atoms. The fourth-order valence-corrected chi connectivity index (χ4v) is 7.22. The van der Waals surface area contributed by atoms with E-state index in [1.54, 1.807) is 45.0 Å². The van der Waals surface area contributed by atoms with Gasteiger partial charge in [0, 0.05) is 10.0 Å². The summed E-state index contributed by atoms with van der Waals surface area (Å²) in [4.78, 5) is 44.2. The van der Waals surface area contributed by atoms with E-state index in [2.05, 4.69) is 54.2 Å². The quantitative estimate of drug-likeness (QED) is 0.162. The number of ether oxygens (including phenoxy) is 5. The molecule has 1 aromatic heterocycles. The van der Waals surface area contributed by atoms with Crippen molar-refractivity contribution >= 4 is 67.9 Å². The first-order chi connectivity index (χ1) is 21.1. The zero-order valence-corrected chi connectivity index (χ0v) is 28.8. The molecule has 230 valence electrons. The highest BCUT2D eigenvalue weighted by molar-refractivity contribution is 14.1. The van der Waals surface area contributed by atoms with Gasteiger partial charge in [0.05, 0.1) is 45.7 Å². The number of esters is 2. The summed E-state index contributed by atoms with van der Waals surface area (Å²) in [6, 6.07) is 7.84. The van der Waals surface area contributed by atoms with E-state index < -0.39 is 18.0 Å². The lowest BCUT2D eigenvalue weighted by molar-refractivity contribution is -0.143. The molecule has 1 aliphatic heterocycles. The van der Waals surface area contributed by atoms with Crippen LogP contribution in [0.1, 0.15) is 37.9 Å². The molecule has 2 heterocycles. The van der Waals surface area contributed by atoms with E-state index >= 15 is 0 Å². The van der Waals surface area contributed by atoms with E-state index in [1.165, 1.54) is 23.0 Å². The number of aromatic nitrogens is 1. The Hall–Kier alpha value is -3.61. The van der Waals surface area contributed by atoms with Crippen LogP contribution < -0.4 is 29.1 Å². The van der Waals surface area contributed by atoms with Crippen molar-refractivity contribution < 1.29 is 33.3 Å². The Balaban J connectivity index is 1.93. The van der Waals surface area contributed by atoms with E-state index in [0.717, 1.165) is 8.04 Å². The number of benzene rings is 2. The summed E-state index contributed by atoms with van der Waals surface area (Å²) in [5.74, 6) is 2.49. The topological polar surface area (TPSA) is 115 Å². The second-order valence-corrected chi connectivity index (χ2v) is 12.2. The monoisotopic (exact) mass is 794 g/mol. The molecule has 0 N–H and O–H groups in total. The first kappa shape index (κ1) is 33.3. The number of terminal acetylenes is 1. The summed E-state index contributed by atoms with van der Waals surface area (Å²) >= 11 is 6.84. The first-order valence-corrected chi connectivity index (χ1v) is 16.0. The SMILES string of the molecule is C#CCOc1c(I)cc(Br)cc1/C=c1/sc2n(c1=O)[C@H](c1ccc(OCC(=O)OC)c(OCC)c1)C(C(=O)OCC)=C(C)N=2. The molecule has 0 spiro atoms. The van der Waals surface area contributed by atoms with Gasteiger partial charge in [-0.2, -0.15) is 0 Å². The summed E-state index contributed by atoms with van der Waals surface area (Å²) in [7, 11) is 1.27. The van der Waals surface area contributed by atoms with Crippen molar-refractivity contribution in [1.82, 2.24) is 4.57 Å². The van der Waals surface area contributed by atoms with Crippen LogP contribution in [0.4, 0.5) is 0 Å². The van der Waals surface area contributed by atoms with Crippen molar-refractivity contribution in [3.8, 4) is 29.6 Å². The summed E-state index contributed by atoms with van der Waals surface area (Å²) < 4.78 is 30.8. The van der Waals surface area contributed by atoms with Gasteiger partial charge in [-0.15, -0.1) is 6.42 Å². The zero-order chi connectivity index (χ0) is 32.0. The Morgan fingerprint density at radius 1 is 1.16 bits per heavy atom. The lowest BCUT2D eigenvalue weighted by atomic mass is 9.95. The van der Waals surface area contributed by atoms with Gasteiger partial charge >= 0.3 is 11.9 Å². The van der Waals surface area contributed by atoms with Crippen molar-refractivity contribution in [2.75, 3.05) is 33.5 Å². The van der Waals surface area contributed by atoms with Gasteiger partial charge in [-0.3, -0.25) is 9.36 Å². The third-order valence-corrected chi connectivity index (χ3v) is 8.54. The molecule has 0 aliphatic carbocycles. The number of thiazole rings is 1. The maximum Gasteiger partial charge on any atom is 0.343 e. The number of rotatable bonds is 11. The van der Waals surface area contributed by atoms with Gasteiger partial charge < -0.3 is 23.7 Å². The fraction of sp³-hybridized carbons (Fsp3) is 0.290. The molecular formula is C31H28BrIN2O8S. The Labute approximate surface area is 279 Å². The molecule has 1 atom stereocenters. The maximum absolute atomic E-state index is 14.1. The highest BCUT2D eigenvalue weighted by Gasteiger charge is 2.34. The van der Waals surface area contributed by atoms with Gasteiger partial charge in [0.2, 0.25) is 0 Å². The highest BCUT2D eigenvalue weighted by Crippen LogP contribution is 2.36. The smallest absolute Gasteiger partial charge is 0.343 e. The Morgan fingerprint density at radius 3 is 2.61 bits per heavy atom. The third-order valence-electron chi connectivity index (χ3n) is 6.30. The maximum atomic E-state index is 14.1. The number of halogens is 2. The predicted molar refractivity (Wildman–Crippen MR) is 177 cm³/mol. The lowest BCUT2D eigenvalue weighted by Crippen LogP contribution is -2.40. The summed E-state index contributed by atoms with van der Waals surface area (Å²) in [5.41, 5.74) is 1.47. The number of carbonyl (C=O) groups excluding carboxylic acids is 2. The number of methoxy groups -OCH3 is 1. The zero-order valence-electron chi connectivity index (χ0n) is 24.3. The van der Waals surface area contributed by atoms with Crippen LogP contribution in [-0.4, -0.2) is 50.0 Å². The average Bonchev–Trinajstić information content (AvgIpc) is 3.29. The Bertz CT molecular complexity index is 1860. The third kappa shape index (κ3) is 7.19. The molecule has 13 heteroatoms. The highest BCUT2D eigenvalue weighted by atomic mass is 127. The number of allylic oxidation sites excluding steroid dienone is 1. The van der Waals surface area contributed by atoms with Gasteiger partial charge in [-0.25, -0.2) is 14.6 Å². The van der Waals surface area contributed by atoms with Gasteiger partial charge in [0.25, 0.3) is 5.56 Å². The van der Waals surface area contributed by atoms with Crippen LogP contribution in [-0.2, 0) is 19.1 Å². The molecule has 0 unspecified atom stereocenters. The molecule has 4 rings (SSSR count). The van der Waals surface area contributed by atoms with Crippen LogP contribution in [0.5, 0.6) is 17.2 Å². The van der Waals surface area contributed by atoms with Crippen molar-refractivity contribution in [2.45, 2.75) is 26.8 Å². The molecule has 0 saturated heterocycles. The minimum Gasteiger partial charge on any atom is -0.490 e. The van der Waals surface area contributed by atoms with Gasteiger partial charge in [0.1, 0.15) is 12.4 Å². The summed E-state index contributed by atoms with van der Waals surface area (Å²) in [6.07, 6.45) is 7.15. The molecule has 10 nitrogen and oxygen atoms in total. The Morgan fingerprint density at radius 2 is 1.93 bits per heavy atom. The minimum atomic E-state index is -0.888. The standard InChI is InChI=1S/C31H28BrIN2O8S/c1-6-11-42-28-19(12-20(32)15-21(28)33)14-24-29(37)35-27(26(30(38)41-8-3)17(4)34-31(35)44-24)18-9-10-22(23(13-18)40-7-2)43-16-25(36)39-5/h1,9-10,12-15,27H,7-8,11,16H2,2-5H3/b24-14+/t27-/m1/s1. The van der Waals surface area contributed by atoms with Crippen LogP contribution in [0.15, 0.2) is 55.9 Å². The second kappa shape index (κ2) is 14.9. The van der Waals surface area contributed by atoms with Crippen LogP contribution >= 0.6 is 49.9 Å². The second-order valence-electron chi connectivity index (χ2n) is 9.11. The number of hydrogen-bond acceptors (Lipinski definition) is 10. The van der Waals surface area contributed by atoms with E-state index in [9.17, 15) is 14.4 Å². The number of nitrogens with zero attached hydrogens (tertiary/aromatic N) is 2. The van der Waals surface area contributed by atoms with Crippen LogP contribution in [0.2, 0.25) is 0 Å². The lowest BCUT2D eigenvalue weighted by Gasteiger charge is -2.25. The average molecular weight is 795 g/mol. The first-order valence-electron chi connectivity index (χ1n) is 13.3. The molecule has 3 aromatic rings. The van der Waals surface area contributed by atoms with E-state index in [1.807, 2.05) is 12.1 Å². The van der Waals surface area contributed by atoms with E-state index in [4.69, 9.17) is 25.4 Å². The number of fused-ring (bicyclic) bond motifs is 1. The molecule has 0 radical (unpaired) electrons. The fourth-order valence-electron chi connectivity index (χ4n) is 4.48. The van der Waals surface area contributed by atoms with E-state index in [-0.39, 0.29) is 31.0 Å². The molecule has 0 amide bonds. The van der Waals surface area contributed by atoms with Crippen LogP contribution in [0, 0.1) is 15.9 Å². The van der Waals surface area contributed by atoms with Crippen LogP contribution in [0.3, 0.4) is 0 Å². The number of carbonyl (C=O) groups is 2. The predicted octanol–water partition coefficient (Wildman–Crippen LogP) is 4.13. The van der Waals surface area contributed by atoms with Crippen molar-refractivity contribution in [3.05, 3.63) is 80.5 Å².